The highest BCUT2D eigenvalue weighted by Gasteiger charge is 2.21. The van der Waals surface area contributed by atoms with Crippen molar-refractivity contribution < 1.29 is 9.72 Å². The molecule has 0 saturated carbocycles. The number of carbonyl (C=O) groups excluding carboxylic acids is 1. The van der Waals surface area contributed by atoms with Crippen LogP contribution in [0, 0.1) is 24.0 Å². The van der Waals surface area contributed by atoms with E-state index in [4.69, 9.17) is 0 Å². The van der Waals surface area contributed by atoms with Gasteiger partial charge in [-0.1, -0.05) is 30.3 Å². The van der Waals surface area contributed by atoms with Gasteiger partial charge in [0.15, 0.2) is 11.4 Å². The molecule has 0 amide bonds. The largest absolute Gasteiger partial charge is 0.318 e. The molecule has 2 aromatic carbocycles. The lowest BCUT2D eigenvalue weighted by molar-refractivity contribution is -0.384. The van der Waals surface area contributed by atoms with Crippen LogP contribution in [0.2, 0.25) is 0 Å². The molecule has 5 rings (SSSR count). The van der Waals surface area contributed by atoms with E-state index >= 15 is 0 Å². The van der Waals surface area contributed by atoms with Crippen LogP contribution < -0.4 is 5.56 Å². The summed E-state index contributed by atoms with van der Waals surface area (Å²) in [6.45, 7) is 3.60. The lowest BCUT2D eigenvalue weighted by atomic mass is 10.1. The fraction of sp³-hybridized carbons (Fsp3) is 0.120. The van der Waals surface area contributed by atoms with Gasteiger partial charge in [-0.2, -0.15) is 5.10 Å². The van der Waals surface area contributed by atoms with E-state index in [0.29, 0.717) is 5.56 Å². The number of nitro benzene ring substituents is 1. The number of hydrogen-bond acceptors (Lipinski definition) is 6. The molecule has 0 bridgehead atoms. The maximum absolute atomic E-state index is 13.2. The maximum atomic E-state index is 13.2. The summed E-state index contributed by atoms with van der Waals surface area (Å²) in [7, 11) is 0. The molecule has 0 saturated heterocycles. The van der Waals surface area contributed by atoms with Crippen molar-refractivity contribution >= 4 is 22.5 Å². The van der Waals surface area contributed by atoms with Crippen molar-refractivity contribution in [2.75, 3.05) is 0 Å². The zero-order valence-corrected chi connectivity index (χ0v) is 19.0. The van der Waals surface area contributed by atoms with E-state index in [2.05, 4.69) is 10.1 Å². The minimum Gasteiger partial charge on any atom is -0.318 e. The smallest absolute Gasteiger partial charge is 0.294 e. The average Bonchev–Trinajstić information content (AvgIpc) is 3.42. The van der Waals surface area contributed by atoms with E-state index in [1.54, 1.807) is 12.1 Å². The highest BCUT2D eigenvalue weighted by molar-refractivity contribution is 5.97. The van der Waals surface area contributed by atoms with Crippen molar-refractivity contribution in [3.05, 3.63) is 111 Å². The molecule has 5 aromatic rings. The van der Waals surface area contributed by atoms with Crippen LogP contribution in [0.1, 0.15) is 21.7 Å². The Kier molecular flexibility index (Phi) is 5.33. The predicted octanol–water partition coefficient (Wildman–Crippen LogP) is 3.78. The Morgan fingerprint density at radius 3 is 2.51 bits per heavy atom. The normalized spacial score (nSPS) is 11.1. The summed E-state index contributed by atoms with van der Waals surface area (Å²) in [5.74, 6) is -0.227. The third kappa shape index (κ3) is 3.70. The molecule has 0 unspecified atom stereocenters. The summed E-state index contributed by atoms with van der Waals surface area (Å²) in [6.07, 6.45) is 2.58. The molecule has 0 fully saturated rings. The summed E-state index contributed by atoms with van der Waals surface area (Å²) >= 11 is 0. The lowest BCUT2D eigenvalue weighted by Gasteiger charge is -2.10. The number of para-hydroxylation sites is 3. The Morgan fingerprint density at radius 1 is 1.06 bits per heavy atom. The van der Waals surface area contributed by atoms with Gasteiger partial charge >= 0.3 is 0 Å². The van der Waals surface area contributed by atoms with Gasteiger partial charge in [-0.05, 0) is 38.1 Å². The molecule has 10 nitrogen and oxygen atoms in total. The Balaban J connectivity index is 1.50. The van der Waals surface area contributed by atoms with Gasteiger partial charge in [-0.15, -0.1) is 0 Å². The molecule has 0 aliphatic rings. The SMILES string of the molecule is Cc1cc(C(=O)Cn2cnc3c(cnn3-c3ccccc3[N+](=O)[O-])c2=O)c(C)n1-c1ccccc1. The van der Waals surface area contributed by atoms with E-state index in [1.165, 1.54) is 33.9 Å². The van der Waals surface area contributed by atoms with Gasteiger partial charge in [0.2, 0.25) is 0 Å². The summed E-state index contributed by atoms with van der Waals surface area (Å²) in [5, 5.41) is 15.7. The van der Waals surface area contributed by atoms with Crippen LogP contribution in [0.25, 0.3) is 22.4 Å². The maximum Gasteiger partial charge on any atom is 0.294 e. The molecule has 3 heterocycles. The highest BCUT2D eigenvalue weighted by Crippen LogP contribution is 2.24. The number of nitro groups is 1. The Morgan fingerprint density at radius 2 is 1.77 bits per heavy atom. The van der Waals surface area contributed by atoms with E-state index in [-0.39, 0.29) is 34.7 Å². The topological polar surface area (TPSA) is 118 Å². The molecule has 0 radical (unpaired) electrons. The molecule has 10 heteroatoms. The number of aromatic nitrogens is 5. The first-order valence-electron chi connectivity index (χ1n) is 10.8. The summed E-state index contributed by atoms with van der Waals surface area (Å²) in [4.78, 5) is 41.5. The van der Waals surface area contributed by atoms with Crippen molar-refractivity contribution in [2.45, 2.75) is 20.4 Å². The van der Waals surface area contributed by atoms with E-state index in [0.717, 1.165) is 17.1 Å². The predicted molar refractivity (Wildman–Crippen MR) is 129 cm³/mol. The minimum absolute atomic E-state index is 0.160. The summed E-state index contributed by atoms with van der Waals surface area (Å²) in [5.41, 5.74) is 2.92. The zero-order valence-electron chi connectivity index (χ0n) is 19.0. The molecular weight excluding hydrogens is 448 g/mol. The highest BCUT2D eigenvalue weighted by atomic mass is 16.6. The van der Waals surface area contributed by atoms with Crippen LogP contribution in [-0.4, -0.2) is 34.6 Å². The van der Waals surface area contributed by atoms with Crippen molar-refractivity contribution in [1.29, 1.82) is 0 Å². The fourth-order valence-electron chi connectivity index (χ4n) is 4.29. The quantitative estimate of drug-likeness (QED) is 0.213. The Bertz CT molecular complexity index is 1660. The van der Waals surface area contributed by atoms with E-state index in [1.807, 2.05) is 54.8 Å². The second-order valence-electron chi connectivity index (χ2n) is 8.10. The second-order valence-corrected chi connectivity index (χ2v) is 8.10. The number of aryl methyl sites for hydroxylation is 1. The number of benzene rings is 2. The number of fused-ring (bicyclic) bond motifs is 1. The first kappa shape index (κ1) is 22.0. The zero-order chi connectivity index (χ0) is 24.7. The van der Waals surface area contributed by atoms with Gasteiger partial charge in [-0.25, -0.2) is 9.67 Å². The van der Waals surface area contributed by atoms with Crippen LogP contribution in [0.4, 0.5) is 5.69 Å². The molecule has 35 heavy (non-hydrogen) atoms. The minimum atomic E-state index is -0.519. The van der Waals surface area contributed by atoms with E-state index < -0.39 is 10.5 Å². The summed E-state index contributed by atoms with van der Waals surface area (Å²) in [6, 6.07) is 17.6. The number of carbonyl (C=O) groups is 1. The van der Waals surface area contributed by atoms with Gasteiger partial charge in [0.1, 0.15) is 17.4 Å². The van der Waals surface area contributed by atoms with Gasteiger partial charge in [0, 0.05) is 28.7 Å². The first-order chi connectivity index (χ1) is 16.9. The second kappa shape index (κ2) is 8.49. The molecule has 0 atom stereocenters. The lowest BCUT2D eigenvalue weighted by Crippen LogP contribution is -2.25. The molecular formula is C25H20N6O4. The molecule has 0 aliphatic carbocycles. The molecule has 0 N–H and O–H groups in total. The van der Waals surface area contributed by atoms with E-state index in [9.17, 15) is 19.7 Å². The standard InChI is InChI=1S/C25H20N6O4/c1-16-12-19(17(2)29(16)18-8-4-3-5-9-18)23(32)14-28-15-26-24-20(25(28)33)13-27-30(24)21-10-6-7-11-22(21)31(34)35/h3-13,15H,14H2,1-2H3. The monoisotopic (exact) mass is 468 g/mol. The number of rotatable bonds is 6. The molecule has 0 aliphatic heterocycles. The third-order valence-electron chi connectivity index (χ3n) is 5.92. The Hall–Kier alpha value is -4.86. The molecule has 3 aromatic heterocycles. The van der Waals surface area contributed by atoms with Gasteiger partial charge in [0.25, 0.3) is 11.2 Å². The molecule has 0 spiro atoms. The van der Waals surface area contributed by atoms with Crippen LogP contribution in [0.15, 0.2) is 78.0 Å². The van der Waals surface area contributed by atoms with Crippen molar-refractivity contribution in [1.82, 2.24) is 23.9 Å². The Labute approximate surface area is 198 Å². The third-order valence-corrected chi connectivity index (χ3v) is 5.92. The van der Waals surface area contributed by atoms with Crippen LogP contribution in [0.3, 0.4) is 0 Å². The average molecular weight is 468 g/mol. The van der Waals surface area contributed by atoms with Gasteiger partial charge in [-0.3, -0.25) is 24.3 Å². The van der Waals surface area contributed by atoms with Gasteiger partial charge in [0.05, 0.1) is 17.7 Å². The van der Waals surface area contributed by atoms with Crippen LogP contribution in [0.5, 0.6) is 0 Å². The van der Waals surface area contributed by atoms with Crippen LogP contribution >= 0.6 is 0 Å². The first-order valence-corrected chi connectivity index (χ1v) is 10.8. The van der Waals surface area contributed by atoms with Crippen LogP contribution in [-0.2, 0) is 6.54 Å². The fourth-order valence-corrected chi connectivity index (χ4v) is 4.29. The van der Waals surface area contributed by atoms with Crippen molar-refractivity contribution in [3.63, 3.8) is 0 Å². The van der Waals surface area contributed by atoms with Crippen molar-refractivity contribution in [3.8, 4) is 11.4 Å². The van der Waals surface area contributed by atoms with Gasteiger partial charge < -0.3 is 4.57 Å². The number of Topliss-reactive ketones (excluding diaryl/α,β-unsaturated/α-hetero) is 1. The number of hydrogen-bond donors (Lipinski definition) is 0. The number of nitrogens with zero attached hydrogens (tertiary/aromatic N) is 6. The van der Waals surface area contributed by atoms with Crippen molar-refractivity contribution in [2.24, 2.45) is 0 Å². The summed E-state index contributed by atoms with van der Waals surface area (Å²) < 4.78 is 4.48. The molecule has 174 valence electrons. The number of ketones is 1.